The summed E-state index contributed by atoms with van der Waals surface area (Å²) in [5.74, 6) is -1.28. The van der Waals surface area contributed by atoms with Crippen LogP contribution < -0.4 is 5.32 Å². The van der Waals surface area contributed by atoms with E-state index in [0.717, 1.165) is 16.7 Å². The average molecular weight is 356 g/mol. The van der Waals surface area contributed by atoms with Gasteiger partial charge in [-0.05, 0) is 24.5 Å². The monoisotopic (exact) mass is 356 g/mol. The molecule has 7 heteroatoms. The van der Waals surface area contributed by atoms with E-state index in [0.29, 0.717) is 0 Å². The molecule has 0 aliphatic carbocycles. The summed E-state index contributed by atoms with van der Waals surface area (Å²) in [5, 5.41) is 22.5. The van der Waals surface area contributed by atoms with Crippen LogP contribution in [-0.2, 0) is 22.4 Å². The summed E-state index contributed by atoms with van der Waals surface area (Å²) in [6.45, 7) is 1.96. The highest BCUT2D eigenvalue weighted by atomic mass is 16.6. The Morgan fingerprint density at radius 3 is 2.19 bits per heavy atom. The van der Waals surface area contributed by atoms with Crippen LogP contribution in [0.1, 0.15) is 23.1 Å². The zero-order chi connectivity index (χ0) is 19.1. The minimum absolute atomic E-state index is 0.0352. The number of hydrogen-bond donors (Lipinski definition) is 2. The van der Waals surface area contributed by atoms with Crippen molar-refractivity contribution in [1.29, 1.82) is 0 Å². The van der Waals surface area contributed by atoms with Gasteiger partial charge in [0, 0.05) is 18.2 Å². The number of amides is 1. The van der Waals surface area contributed by atoms with E-state index in [9.17, 15) is 19.7 Å². The highest BCUT2D eigenvalue weighted by Crippen LogP contribution is 2.14. The zero-order valence-corrected chi connectivity index (χ0v) is 14.3. The molecule has 0 heterocycles. The largest absolute Gasteiger partial charge is 0.481 e. The molecule has 7 nitrogen and oxygen atoms in total. The highest BCUT2D eigenvalue weighted by molar-refractivity contribution is 5.79. The minimum atomic E-state index is -1.02. The molecule has 0 spiro atoms. The number of hydrogen-bond acceptors (Lipinski definition) is 4. The van der Waals surface area contributed by atoms with Crippen LogP contribution in [0.15, 0.2) is 48.5 Å². The first-order chi connectivity index (χ1) is 12.3. The van der Waals surface area contributed by atoms with Gasteiger partial charge in [-0.3, -0.25) is 19.7 Å². The van der Waals surface area contributed by atoms with Gasteiger partial charge in [-0.15, -0.1) is 0 Å². The van der Waals surface area contributed by atoms with Gasteiger partial charge in [-0.25, -0.2) is 0 Å². The Labute approximate surface area is 150 Å². The Morgan fingerprint density at radius 1 is 1.08 bits per heavy atom. The molecule has 2 aromatic rings. The molecule has 2 N–H and O–H groups in total. The number of rotatable bonds is 8. The predicted molar refractivity (Wildman–Crippen MR) is 95.9 cm³/mol. The van der Waals surface area contributed by atoms with Gasteiger partial charge < -0.3 is 10.4 Å². The van der Waals surface area contributed by atoms with Crippen molar-refractivity contribution in [2.75, 3.05) is 0 Å². The van der Waals surface area contributed by atoms with Crippen molar-refractivity contribution >= 4 is 17.6 Å². The zero-order valence-electron chi connectivity index (χ0n) is 14.3. The SMILES string of the molecule is Cc1ccc(CC(=O)N[C@H](CC(=O)O)Cc2ccc([N+](=O)[O-])cc2)cc1. The van der Waals surface area contributed by atoms with Crippen LogP contribution in [0.2, 0.25) is 0 Å². The number of aliphatic carboxylic acids is 1. The molecule has 0 aromatic heterocycles. The highest BCUT2D eigenvalue weighted by Gasteiger charge is 2.17. The molecule has 0 saturated heterocycles. The summed E-state index contributed by atoms with van der Waals surface area (Å²) < 4.78 is 0. The van der Waals surface area contributed by atoms with Gasteiger partial charge in [-0.2, -0.15) is 0 Å². The molecule has 0 fully saturated rings. The second-order valence-corrected chi connectivity index (χ2v) is 6.15. The summed E-state index contributed by atoms with van der Waals surface area (Å²) in [4.78, 5) is 33.5. The molecule has 0 saturated carbocycles. The Morgan fingerprint density at radius 2 is 1.65 bits per heavy atom. The predicted octanol–water partition coefficient (Wildman–Crippen LogP) is 2.65. The third-order valence-electron chi connectivity index (χ3n) is 3.90. The summed E-state index contributed by atoms with van der Waals surface area (Å²) in [6, 6.07) is 12.8. The number of nitrogens with zero attached hydrogens (tertiary/aromatic N) is 1. The number of aryl methyl sites for hydroxylation is 1. The summed E-state index contributed by atoms with van der Waals surface area (Å²) in [6.07, 6.45) is 0.219. The summed E-state index contributed by atoms with van der Waals surface area (Å²) in [5.41, 5.74) is 2.62. The maximum absolute atomic E-state index is 12.2. The lowest BCUT2D eigenvalue weighted by Gasteiger charge is -2.17. The molecule has 0 radical (unpaired) electrons. The van der Waals surface area contributed by atoms with E-state index >= 15 is 0 Å². The van der Waals surface area contributed by atoms with Gasteiger partial charge in [0.05, 0.1) is 17.8 Å². The summed E-state index contributed by atoms with van der Waals surface area (Å²) >= 11 is 0. The standard InChI is InChI=1S/C19H20N2O5/c1-13-2-4-15(5-3-13)11-18(22)20-16(12-19(23)24)10-14-6-8-17(9-7-14)21(25)26/h2-9,16H,10-12H2,1H3,(H,20,22)(H,23,24)/t16-/m0/s1. The third-order valence-corrected chi connectivity index (χ3v) is 3.90. The molecular weight excluding hydrogens is 336 g/mol. The first-order valence-corrected chi connectivity index (χ1v) is 8.13. The summed E-state index contributed by atoms with van der Waals surface area (Å²) in [7, 11) is 0. The smallest absolute Gasteiger partial charge is 0.305 e. The van der Waals surface area contributed by atoms with Crippen molar-refractivity contribution < 1.29 is 19.6 Å². The van der Waals surface area contributed by atoms with Crippen LogP contribution in [0.25, 0.3) is 0 Å². The molecule has 0 aliphatic rings. The molecule has 1 amide bonds. The first kappa shape index (κ1) is 19.1. The normalized spacial score (nSPS) is 11.6. The number of non-ortho nitro benzene ring substituents is 1. The maximum Gasteiger partial charge on any atom is 0.305 e. The molecular formula is C19H20N2O5. The van der Waals surface area contributed by atoms with Crippen molar-refractivity contribution in [3.05, 3.63) is 75.3 Å². The number of nitrogens with one attached hydrogen (secondary N) is 1. The Balaban J connectivity index is 2.01. The lowest BCUT2D eigenvalue weighted by atomic mass is 10.0. The van der Waals surface area contributed by atoms with Crippen LogP contribution in [0.5, 0.6) is 0 Å². The van der Waals surface area contributed by atoms with Gasteiger partial charge in [0.1, 0.15) is 0 Å². The second-order valence-electron chi connectivity index (χ2n) is 6.15. The number of nitro benzene ring substituents is 1. The van der Waals surface area contributed by atoms with Gasteiger partial charge in [0.2, 0.25) is 5.91 Å². The lowest BCUT2D eigenvalue weighted by molar-refractivity contribution is -0.384. The molecule has 2 rings (SSSR count). The number of carboxylic acid groups (broad SMARTS) is 1. The quantitative estimate of drug-likeness (QED) is 0.558. The van der Waals surface area contributed by atoms with Crippen molar-refractivity contribution in [1.82, 2.24) is 5.32 Å². The van der Waals surface area contributed by atoms with E-state index < -0.39 is 16.9 Å². The van der Waals surface area contributed by atoms with Crippen LogP contribution in [0.3, 0.4) is 0 Å². The van der Waals surface area contributed by atoms with Crippen LogP contribution >= 0.6 is 0 Å². The van der Waals surface area contributed by atoms with Gasteiger partial charge in [0.15, 0.2) is 0 Å². The van der Waals surface area contributed by atoms with E-state index in [1.807, 2.05) is 31.2 Å². The maximum atomic E-state index is 12.2. The fourth-order valence-corrected chi connectivity index (χ4v) is 2.59. The Hall–Kier alpha value is -3.22. The van der Waals surface area contributed by atoms with E-state index in [4.69, 9.17) is 5.11 Å². The average Bonchev–Trinajstić information content (AvgIpc) is 2.56. The van der Waals surface area contributed by atoms with Crippen LogP contribution in [0, 0.1) is 17.0 Å². The van der Waals surface area contributed by atoms with E-state index in [-0.39, 0.29) is 30.9 Å². The van der Waals surface area contributed by atoms with Crippen molar-refractivity contribution in [2.24, 2.45) is 0 Å². The number of carbonyl (C=O) groups is 2. The van der Waals surface area contributed by atoms with E-state index in [1.54, 1.807) is 12.1 Å². The molecule has 2 aromatic carbocycles. The Kier molecular flexibility index (Phi) is 6.43. The number of benzene rings is 2. The second kappa shape index (κ2) is 8.75. The van der Waals surface area contributed by atoms with Gasteiger partial charge in [-0.1, -0.05) is 42.0 Å². The lowest BCUT2D eigenvalue weighted by Crippen LogP contribution is -2.38. The molecule has 26 heavy (non-hydrogen) atoms. The van der Waals surface area contributed by atoms with Crippen LogP contribution in [0.4, 0.5) is 5.69 Å². The van der Waals surface area contributed by atoms with E-state index in [2.05, 4.69) is 5.32 Å². The Bertz CT molecular complexity index is 785. The number of carboxylic acids is 1. The van der Waals surface area contributed by atoms with E-state index in [1.165, 1.54) is 12.1 Å². The topological polar surface area (TPSA) is 110 Å². The fraction of sp³-hybridized carbons (Fsp3) is 0.263. The molecule has 136 valence electrons. The number of nitro groups is 1. The first-order valence-electron chi connectivity index (χ1n) is 8.13. The van der Waals surface area contributed by atoms with Gasteiger partial charge in [0.25, 0.3) is 5.69 Å². The molecule has 0 unspecified atom stereocenters. The third kappa shape index (κ3) is 6.01. The van der Waals surface area contributed by atoms with Crippen molar-refractivity contribution in [3.8, 4) is 0 Å². The molecule has 0 aliphatic heterocycles. The van der Waals surface area contributed by atoms with Crippen molar-refractivity contribution in [2.45, 2.75) is 32.2 Å². The van der Waals surface area contributed by atoms with Gasteiger partial charge >= 0.3 is 5.97 Å². The minimum Gasteiger partial charge on any atom is -0.481 e. The fourth-order valence-electron chi connectivity index (χ4n) is 2.59. The number of carbonyl (C=O) groups excluding carboxylic acids is 1. The van der Waals surface area contributed by atoms with Crippen molar-refractivity contribution in [3.63, 3.8) is 0 Å². The van der Waals surface area contributed by atoms with Crippen LogP contribution in [-0.4, -0.2) is 27.9 Å². The molecule has 1 atom stereocenters. The molecule has 0 bridgehead atoms.